The summed E-state index contributed by atoms with van der Waals surface area (Å²) in [6, 6.07) is 28.3. The van der Waals surface area contributed by atoms with Gasteiger partial charge in [0.05, 0.1) is 0 Å². The Bertz CT molecular complexity index is 1110. The molecule has 1 unspecified atom stereocenters. The molecule has 0 heterocycles. The van der Waals surface area contributed by atoms with Gasteiger partial charge in [0.15, 0.2) is 8.07 Å². The zero-order valence-corrected chi connectivity index (χ0v) is 17.0. The van der Waals surface area contributed by atoms with E-state index in [1.165, 1.54) is 27.5 Å². The fraction of sp³-hybridized carbons (Fsp3) is 0.111. The van der Waals surface area contributed by atoms with Crippen LogP contribution in [0.5, 0.6) is 0 Å². The third-order valence-corrected chi connectivity index (χ3v) is 10.2. The van der Waals surface area contributed by atoms with E-state index < -0.39 is 8.07 Å². The van der Waals surface area contributed by atoms with Gasteiger partial charge in [-0.25, -0.2) is 0 Å². The van der Waals surface area contributed by atoms with Gasteiger partial charge in [-0.05, 0) is 40.8 Å². The molecule has 0 saturated carbocycles. The molecule has 0 fully saturated rings. The summed E-state index contributed by atoms with van der Waals surface area (Å²) < 4.78 is 0. The molecule has 1 atom stereocenters. The Hall–Kier alpha value is -3.08. The van der Waals surface area contributed by atoms with Gasteiger partial charge in [0.1, 0.15) is 0 Å². The van der Waals surface area contributed by atoms with Gasteiger partial charge in [0.25, 0.3) is 0 Å². The van der Waals surface area contributed by atoms with Crippen LogP contribution in [0.15, 0.2) is 102 Å². The summed E-state index contributed by atoms with van der Waals surface area (Å²) in [6.45, 7) is 2.46. The van der Waals surface area contributed by atoms with Crippen LogP contribution in [0.4, 0.5) is 0 Å². The monoisotopic (exact) mass is 374 g/mol. The maximum absolute atomic E-state index is 3.86. The number of benzene rings is 3. The minimum atomic E-state index is -2.13. The van der Waals surface area contributed by atoms with E-state index in [4.69, 9.17) is 0 Å². The molecule has 0 bridgehead atoms. The molecule has 0 spiro atoms. The number of rotatable bonds is 2. The number of hydrogen-bond donors (Lipinski definition) is 0. The summed E-state index contributed by atoms with van der Waals surface area (Å²) in [5.41, 5.74) is 11.0. The van der Waals surface area contributed by atoms with Gasteiger partial charge in [0, 0.05) is 11.1 Å². The normalized spacial score (nSPS) is 16.5. The van der Waals surface area contributed by atoms with Gasteiger partial charge in [-0.2, -0.15) is 0 Å². The second-order valence-electron chi connectivity index (χ2n) is 7.75. The third kappa shape index (κ3) is 2.69. The van der Waals surface area contributed by atoms with Crippen LogP contribution < -0.4 is 0 Å². The molecule has 0 amide bonds. The smallest absolute Gasteiger partial charge is 0.120 e. The highest BCUT2D eigenvalue weighted by molar-refractivity contribution is 6.94. The predicted octanol–water partition coefficient (Wildman–Crippen LogP) is 6.43. The predicted molar refractivity (Wildman–Crippen MR) is 120 cm³/mol. The van der Waals surface area contributed by atoms with Gasteiger partial charge in [0.2, 0.25) is 0 Å². The maximum Gasteiger partial charge on any atom is 0.174 e. The van der Waals surface area contributed by atoms with Crippen LogP contribution in [-0.4, -0.2) is 8.07 Å². The average molecular weight is 375 g/mol. The molecular formula is C27H22Si. The van der Waals surface area contributed by atoms with Crippen LogP contribution >= 0.6 is 0 Å². The first-order valence-electron chi connectivity index (χ1n) is 9.90. The van der Waals surface area contributed by atoms with Crippen LogP contribution in [0.1, 0.15) is 28.7 Å². The van der Waals surface area contributed by atoms with Crippen molar-refractivity contribution in [3.63, 3.8) is 0 Å². The maximum atomic E-state index is 3.86. The first-order chi connectivity index (χ1) is 13.8. The topological polar surface area (TPSA) is 0 Å². The van der Waals surface area contributed by atoms with Gasteiger partial charge < -0.3 is 0 Å². The van der Waals surface area contributed by atoms with E-state index in [9.17, 15) is 0 Å². The Kier molecular flexibility index (Phi) is 4.15. The summed E-state index contributed by atoms with van der Waals surface area (Å²) in [4.78, 5) is 0. The summed E-state index contributed by atoms with van der Waals surface area (Å²) in [5, 5.41) is 1.53. The van der Waals surface area contributed by atoms with Crippen LogP contribution in [-0.2, 0) is 0 Å². The molecular weight excluding hydrogens is 352 g/mol. The third-order valence-electron chi connectivity index (χ3n) is 6.09. The molecule has 134 valence electrons. The van der Waals surface area contributed by atoms with E-state index >= 15 is 0 Å². The van der Waals surface area contributed by atoms with E-state index in [-0.39, 0.29) is 0 Å². The van der Waals surface area contributed by atoms with E-state index in [1.54, 1.807) is 0 Å². The van der Waals surface area contributed by atoms with Crippen LogP contribution in [0.25, 0.3) is 11.1 Å². The van der Waals surface area contributed by atoms with Crippen molar-refractivity contribution in [1.29, 1.82) is 0 Å². The fourth-order valence-electron chi connectivity index (χ4n) is 4.67. The molecule has 2 aliphatic carbocycles. The Morgan fingerprint density at radius 2 is 1.39 bits per heavy atom. The van der Waals surface area contributed by atoms with Crippen molar-refractivity contribution in [1.82, 2.24) is 0 Å². The lowest BCUT2D eigenvalue weighted by Crippen LogP contribution is -2.40. The first-order valence-corrected chi connectivity index (χ1v) is 12.5. The Morgan fingerprint density at radius 3 is 2.00 bits per heavy atom. The molecule has 0 N–H and O–H groups in total. The Labute approximate surface area is 168 Å². The molecule has 0 saturated heterocycles. The Balaban J connectivity index is 1.72. The van der Waals surface area contributed by atoms with Gasteiger partial charge in [-0.15, -0.1) is 5.54 Å². The van der Waals surface area contributed by atoms with Crippen molar-refractivity contribution in [2.75, 3.05) is 0 Å². The van der Waals surface area contributed by atoms with Crippen molar-refractivity contribution in [2.45, 2.75) is 18.5 Å². The molecule has 0 radical (unpaired) electrons. The SMILES string of the molecule is C[Si](C#Cc1ccccc1)(C1=CC=CC1)C1c2ccccc2-c2ccccc21. The molecule has 28 heavy (non-hydrogen) atoms. The highest BCUT2D eigenvalue weighted by Gasteiger charge is 2.45. The summed E-state index contributed by atoms with van der Waals surface area (Å²) >= 11 is 0. The zero-order chi connectivity index (χ0) is 19.0. The van der Waals surface area contributed by atoms with E-state index in [0.717, 1.165) is 12.0 Å². The van der Waals surface area contributed by atoms with Gasteiger partial charge >= 0.3 is 0 Å². The average Bonchev–Trinajstić information content (AvgIpc) is 3.40. The number of fused-ring (bicyclic) bond motifs is 3. The van der Waals surface area contributed by atoms with Crippen molar-refractivity contribution < 1.29 is 0 Å². The largest absolute Gasteiger partial charge is 0.174 e. The minimum absolute atomic E-state index is 0.377. The molecule has 5 rings (SSSR count). The lowest BCUT2D eigenvalue weighted by Gasteiger charge is -2.31. The first kappa shape index (κ1) is 17.0. The van der Waals surface area contributed by atoms with Crippen LogP contribution in [0, 0.1) is 11.5 Å². The fourth-order valence-corrected chi connectivity index (χ4v) is 8.48. The molecule has 0 nitrogen and oxygen atoms in total. The van der Waals surface area contributed by atoms with E-state index in [2.05, 4.69) is 115 Å². The molecule has 0 aliphatic heterocycles. The highest BCUT2D eigenvalue weighted by atomic mass is 28.3. The standard InChI is InChI=1S/C27H22Si/c1-28(22-13-5-6-14-22,20-19-21-11-3-2-4-12-21)27-25-17-9-7-15-23(25)24-16-8-10-18-26(24)27/h2-13,15-18,27H,14H2,1H3. The van der Waals surface area contributed by atoms with Gasteiger partial charge in [-0.3, -0.25) is 0 Å². The lowest BCUT2D eigenvalue weighted by atomic mass is 10.1. The second kappa shape index (κ2) is 6.82. The molecule has 3 aromatic rings. The summed E-state index contributed by atoms with van der Waals surface area (Å²) in [5.74, 6) is 3.54. The van der Waals surface area contributed by atoms with E-state index in [0.29, 0.717) is 5.54 Å². The highest BCUT2D eigenvalue weighted by Crippen LogP contribution is 2.50. The molecule has 1 heteroatoms. The number of hydrogen-bond acceptors (Lipinski definition) is 0. The summed E-state index contributed by atoms with van der Waals surface area (Å²) in [6.07, 6.45) is 7.84. The van der Waals surface area contributed by atoms with Crippen LogP contribution in [0.2, 0.25) is 6.55 Å². The molecule has 0 aromatic heterocycles. The number of allylic oxidation sites excluding steroid dienone is 4. The van der Waals surface area contributed by atoms with Gasteiger partial charge in [-0.1, -0.05) is 103 Å². The molecule has 3 aromatic carbocycles. The quantitative estimate of drug-likeness (QED) is 0.358. The van der Waals surface area contributed by atoms with E-state index in [1.807, 2.05) is 0 Å². The summed E-state index contributed by atoms with van der Waals surface area (Å²) in [7, 11) is -2.13. The van der Waals surface area contributed by atoms with Crippen molar-refractivity contribution in [3.05, 3.63) is 119 Å². The minimum Gasteiger partial charge on any atom is -0.120 e. The van der Waals surface area contributed by atoms with Crippen LogP contribution in [0.3, 0.4) is 0 Å². The molecule has 2 aliphatic rings. The lowest BCUT2D eigenvalue weighted by molar-refractivity contribution is 1.12. The second-order valence-corrected chi connectivity index (χ2v) is 11.6. The zero-order valence-electron chi connectivity index (χ0n) is 16.0. The van der Waals surface area contributed by atoms with Crippen molar-refractivity contribution >= 4 is 8.07 Å². The Morgan fingerprint density at radius 1 is 0.786 bits per heavy atom. The van der Waals surface area contributed by atoms with Crippen molar-refractivity contribution in [3.8, 4) is 22.6 Å². The van der Waals surface area contributed by atoms with Crippen molar-refractivity contribution in [2.24, 2.45) is 0 Å².